The summed E-state index contributed by atoms with van der Waals surface area (Å²) in [5, 5.41) is 15.7. The van der Waals surface area contributed by atoms with E-state index < -0.39 is 5.82 Å². The number of phenols is 1. The Morgan fingerprint density at radius 2 is 2.08 bits per heavy atom. The number of piperidine rings is 1. The lowest BCUT2D eigenvalue weighted by molar-refractivity contribution is -0.135. The molecular weight excluding hydrogens is 323 g/mol. The molecule has 1 aromatic rings. The molecule has 0 radical (unpaired) electrons. The summed E-state index contributed by atoms with van der Waals surface area (Å²) in [6, 6.07) is 4.55. The second-order valence-electron chi connectivity index (χ2n) is 6.61. The Morgan fingerprint density at radius 1 is 1.40 bits per heavy atom. The van der Waals surface area contributed by atoms with E-state index >= 15 is 0 Å². The first-order valence-corrected chi connectivity index (χ1v) is 8.64. The van der Waals surface area contributed by atoms with E-state index in [0.717, 1.165) is 31.5 Å². The van der Waals surface area contributed by atoms with Gasteiger partial charge < -0.3 is 20.6 Å². The largest absolute Gasteiger partial charge is 0.505 e. The third-order valence-electron chi connectivity index (χ3n) is 4.34. The number of guanidine groups is 1. The summed E-state index contributed by atoms with van der Waals surface area (Å²) in [7, 11) is 1.68. The lowest BCUT2D eigenvalue weighted by atomic mass is 10.0. The number of carbonyl (C=O) groups excluding carboxylic acids is 1. The third kappa shape index (κ3) is 5.34. The number of nitrogens with one attached hydrogen (secondary N) is 2. The lowest BCUT2D eigenvalue weighted by Crippen LogP contribution is -2.50. The number of halogens is 1. The van der Waals surface area contributed by atoms with E-state index in [2.05, 4.69) is 15.6 Å². The number of aromatic hydroxyl groups is 1. The number of nitrogens with zero attached hydrogens (tertiary/aromatic N) is 2. The molecule has 1 fully saturated rings. The zero-order valence-corrected chi connectivity index (χ0v) is 15.1. The summed E-state index contributed by atoms with van der Waals surface area (Å²) in [4.78, 5) is 18.1. The number of rotatable bonds is 4. The van der Waals surface area contributed by atoms with E-state index in [0.29, 0.717) is 12.5 Å². The third-order valence-corrected chi connectivity index (χ3v) is 4.34. The summed E-state index contributed by atoms with van der Waals surface area (Å²) in [5.41, 5.74) is 0.718. The van der Waals surface area contributed by atoms with Crippen molar-refractivity contribution in [3.63, 3.8) is 0 Å². The average Bonchev–Trinajstić information content (AvgIpc) is 2.61. The molecule has 1 saturated heterocycles. The number of aliphatic imine (C=N–C) groups is 1. The van der Waals surface area contributed by atoms with Crippen LogP contribution in [0.2, 0.25) is 0 Å². The Kier molecular flexibility index (Phi) is 6.61. The molecule has 25 heavy (non-hydrogen) atoms. The van der Waals surface area contributed by atoms with E-state index in [9.17, 15) is 14.3 Å². The summed E-state index contributed by atoms with van der Waals surface area (Å²) >= 11 is 0. The standard InChI is InChI=1S/C18H27FN4O2/c1-12(2)17(25)23-8-6-14(7-9-23)22-18(20-3)21-11-13-4-5-16(24)15(19)10-13/h4-5,10,12,14,24H,6-9,11H2,1-3H3,(H2,20,21,22). The van der Waals surface area contributed by atoms with Crippen molar-refractivity contribution in [2.24, 2.45) is 10.9 Å². The van der Waals surface area contributed by atoms with Gasteiger partial charge in [-0.25, -0.2) is 4.39 Å². The van der Waals surface area contributed by atoms with Crippen molar-refractivity contribution in [3.8, 4) is 5.75 Å². The Morgan fingerprint density at radius 3 is 2.64 bits per heavy atom. The quantitative estimate of drug-likeness (QED) is 0.572. The van der Waals surface area contributed by atoms with Gasteiger partial charge in [0.15, 0.2) is 17.5 Å². The topological polar surface area (TPSA) is 77.0 Å². The fourth-order valence-electron chi connectivity index (χ4n) is 2.84. The Labute approximate surface area is 148 Å². The molecule has 1 heterocycles. The van der Waals surface area contributed by atoms with Gasteiger partial charge in [-0.15, -0.1) is 0 Å². The maximum atomic E-state index is 13.4. The molecule has 1 amide bonds. The van der Waals surface area contributed by atoms with E-state index in [-0.39, 0.29) is 23.6 Å². The van der Waals surface area contributed by atoms with Crippen molar-refractivity contribution in [2.75, 3.05) is 20.1 Å². The minimum Gasteiger partial charge on any atom is -0.505 e. The van der Waals surface area contributed by atoms with E-state index in [1.54, 1.807) is 13.1 Å². The van der Waals surface area contributed by atoms with Crippen molar-refractivity contribution in [3.05, 3.63) is 29.6 Å². The second-order valence-corrected chi connectivity index (χ2v) is 6.61. The molecule has 0 spiro atoms. The van der Waals surface area contributed by atoms with E-state index in [1.807, 2.05) is 18.7 Å². The number of phenolic OH excluding ortho intramolecular Hbond substituents is 1. The highest BCUT2D eigenvalue weighted by molar-refractivity contribution is 5.80. The van der Waals surface area contributed by atoms with Crippen LogP contribution in [0.4, 0.5) is 4.39 Å². The molecule has 0 bridgehead atoms. The second kappa shape index (κ2) is 8.69. The molecule has 0 aromatic heterocycles. The van der Waals surface area contributed by atoms with Crippen LogP contribution >= 0.6 is 0 Å². The van der Waals surface area contributed by atoms with Gasteiger partial charge in [0.1, 0.15) is 0 Å². The summed E-state index contributed by atoms with van der Waals surface area (Å²) in [6.07, 6.45) is 1.74. The smallest absolute Gasteiger partial charge is 0.225 e. The van der Waals surface area contributed by atoms with Gasteiger partial charge in [0.2, 0.25) is 5.91 Å². The number of amides is 1. The SMILES string of the molecule is CN=C(NCc1ccc(O)c(F)c1)NC1CCN(C(=O)C(C)C)CC1. The number of likely N-dealkylation sites (tertiary alicyclic amines) is 1. The summed E-state index contributed by atoms with van der Waals surface area (Å²) in [6.45, 7) is 5.74. The van der Waals surface area contributed by atoms with Crippen LogP contribution in [0.1, 0.15) is 32.3 Å². The van der Waals surface area contributed by atoms with Crippen molar-refractivity contribution >= 4 is 11.9 Å². The van der Waals surface area contributed by atoms with Crippen LogP contribution in [-0.2, 0) is 11.3 Å². The molecule has 6 nitrogen and oxygen atoms in total. The zero-order chi connectivity index (χ0) is 18.4. The minimum absolute atomic E-state index is 0.0321. The van der Waals surface area contributed by atoms with Crippen LogP contribution in [0, 0.1) is 11.7 Å². The van der Waals surface area contributed by atoms with Crippen LogP contribution in [0.5, 0.6) is 5.75 Å². The monoisotopic (exact) mass is 350 g/mol. The molecular formula is C18H27FN4O2. The van der Waals surface area contributed by atoms with Gasteiger partial charge in [-0.1, -0.05) is 19.9 Å². The molecule has 0 saturated carbocycles. The molecule has 3 N–H and O–H groups in total. The Hall–Kier alpha value is -2.31. The van der Waals surface area contributed by atoms with Crippen LogP contribution in [-0.4, -0.2) is 48.1 Å². The van der Waals surface area contributed by atoms with Gasteiger partial charge in [0, 0.05) is 38.6 Å². The van der Waals surface area contributed by atoms with Crippen LogP contribution in [0.3, 0.4) is 0 Å². The highest BCUT2D eigenvalue weighted by Crippen LogP contribution is 2.16. The van der Waals surface area contributed by atoms with Crippen LogP contribution in [0.15, 0.2) is 23.2 Å². The summed E-state index contributed by atoms with van der Waals surface area (Å²) in [5.74, 6) is -0.111. The summed E-state index contributed by atoms with van der Waals surface area (Å²) < 4.78 is 13.4. The molecule has 7 heteroatoms. The average molecular weight is 350 g/mol. The highest BCUT2D eigenvalue weighted by atomic mass is 19.1. The van der Waals surface area contributed by atoms with Crippen molar-refractivity contribution < 1.29 is 14.3 Å². The molecule has 0 unspecified atom stereocenters. The normalized spacial score (nSPS) is 16.2. The van der Waals surface area contributed by atoms with Crippen LogP contribution in [0.25, 0.3) is 0 Å². The number of carbonyl (C=O) groups is 1. The first kappa shape index (κ1) is 19.0. The maximum absolute atomic E-state index is 13.4. The molecule has 2 rings (SSSR count). The predicted octanol–water partition coefficient (Wildman–Crippen LogP) is 1.84. The van der Waals surface area contributed by atoms with Crippen LogP contribution < -0.4 is 10.6 Å². The maximum Gasteiger partial charge on any atom is 0.225 e. The van der Waals surface area contributed by atoms with Gasteiger partial charge in [-0.05, 0) is 30.5 Å². The predicted molar refractivity (Wildman–Crippen MR) is 95.8 cm³/mol. The first-order chi connectivity index (χ1) is 11.9. The zero-order valence-electron chi connectivity index (χ0n) is 15.1. The van der Waals surface area contributed by atoms with Gasteiger partial charge in [-0.3, -0.25) is 9.79 Å². The van der Waals surface area contributed by atoms with Crippen molar-refractivity contribution in [1.82, 2.24) is 15.5 Å². The van der Waals surface area contributed by atoms with Gasteiger partial charge >= 0.3 is 0 Å². The molecule has 138 valence electrons. The lowest BCUT2D eigenvalue weighted by Gasteiger charge is -2.34. The van der Waals surface area contributed by atoms with E-state index in [4.69, 9.17) is 0 Å². The number of hydrogen-bond donors (Lipinski definition) is 3. The molecule has 1 aliphatic rings. The molecule has 0 aliphatic carbocycles. The van der Waals surface area contributed by atoms with E-state index in [1.165, 1.54) is 12.1 Å². The van der Waals surface area contributed by atoms with Crippen molar-refractivity contribution in [2.45, 2.75) is 39.3 Å². The number of hydrogen-bond acceptors (Lipinski definition) is 3. The fourth-order valence-corrected chi connectivity index (χ4v) is 2.84. The van der Waals surface area contributed by atoms with Gasteiger partial charge in [0.05, 0.1) is 0 Å². The number of benzene rings is 1. The first-order valence-electron chi connectivity index (χ1n) is 8.64. The molecule has 1 aliphatic heterocycles. The fraction of sp³-hybridized carbons (Fsp3) is 0.556. The Balaban J connectivity index is 1.81. The minimum atomic E-state index is -0.635. The highest BCUT2D eigenvalue weighted by Gasteiger charge is 2.24. The molecule has 0 atom stereocenters. The molecule has 1 aromatic carbocycles. The van der Waals surface area contributed by atoms with Crippen molar-refractivity contribution in [1.29, 1.82) is 0 Å². The van der Waals surface area contributed by atoms with Gasteiger partial charge in [0.25, 0.3) is 0 Å². The Bertz CT molecular complexity index is 626. The van der Waals surface area contributed by atoms with Gasteiger partial charge in [-0.2, -0.15) is 0 Å².